The van der Waals surface area contributed by atoms with Gasteiger partial charge in [0, 0.05) is 18.2 Å². The zero-order valence-corrected chi connectivity index (χ0v) is 14.2. The van der Waals surface area contributed by atoms with Gasteiger partial charge in [-0.05, 0) is 17.7 Å². The van der Waals surface area contributed by atoms with Gasteiger partial charge in [-0.1, -0.05) is 30.3 Å². The first-order valence-corrected chi connectivity index (χ1v) is 8.42. The summed E-state index contributed by atoms with van der Waals surface area (Å²) in [6.07, 6.45) is 0.870. The lowest BCUT2D eigenvalue weighted by Gasteiger charge is -2.18. The molecular formula is C19H21N3O4. The van der Waals surface area contributed by atoms with Crippen LogP contribution in [0.2, 0.25) is 0 Å². The van der Waals surface area contributed by atoms with Gasteiger partial charge in [-0.25, -0.2) is 4.79 Å². The third-order valence-corrected chi connectivity index (χ3v) is 3.94. The maximum Gasteiger partial charge on any atom is 0.312 e. The second-order valence-corrected chi connectivity index (χ2v) is 5.94. The zero-order chi connectivity index (χ0) is 18.4. The van der Waals surface area contributed by atoms with Gasteiger partial charge in [-0.3, -0.25) is 4.79 Å². The van der Waals surface area contributed by atoms with Gasteiger partial charge in [0.1, 0.15) is 0 Å². The minimum atomic E-state index is -0.678. The van der Waals surface area contributed by atoms with Crippen LogP contribution in [-0.2, 0) is 4.79 Å². The maximum atomic E-state index is 12.4. The van der Waals surface area contributed by atoms with Crippen LogP contribution < -0.4 is 25.8 Å². The molecule has 1 heterocycles. The Kier molecular flexibility index (Phi) is 5.58. The monoisotopic (exact) mass is 355 g/mol. The van der Waals surface area contributed by atoms with E-state index < -0.39 is 12.1 Å². The fourth-order valence-corrected chi connectivity index (χ4v) is 2.75. The number of anilines is 1. The average Bonchev–Trinajstić information content (AvgIpc) is 2.86. The summed E-state index contributed by atoms with van der Waals surface area (Å²) in [5.74, 6) is 1.02. The van der Waals surface area contributed by atoms with Crippen molar-refractivity contribution >= 4 is 17.6 Å². The van der Waals surface area contributed by atoms with Crippen LogP contribution in [0, 0.1) is 0 Å². The predicted octanol–water partition coefficient (Wildman–Crippen LogP) is 2.59. The Hall–Kier alpha value is -3.22. The van der Waals surface area contributed by atoms with Gasteiger partial charge in [0.15, 0.2) is 11.5 Å². The number of hydrogen-bond donors (Lipinski definition) is 3. The van der Waals surface area contributed by atoms with Gasteiger partial charge in [-0.15, -0.1) is 0 Å². The normalized spacial score (nSPS) is 14.0. The van der Waals surface area contributed by atoms with E-state index in [0.717, 1.165) is 12.0 Å². The van der Waals surface area contributed by atoms with Gasteiger partial charge in [-0.2, -0.15) is 0 Å². The van der Waals surface area contributed by atoms with Crippen LogP contribution >= 0.6 is 0 Å². The van der Waals surface area contributed by atoms with Crippen LogP contribution in [0.5, 0.6) is 11.5 Å². The number of rotatable bonds is 5. The number of ether oxygens (including phenoxy) is 2. The van der Waals surface area contributed by atoms with E-state index >= 15 is 0 Å². The molecular weight excluding hydrogens is 334 g/mol. The first-order chi connectivity index (χ1) is 12.6. The number of fused-ring (bicyclic) bond motifs is 1. The lowest BCUT2D eigenvalue weighted by Crippen LogP contribution is -2.35. The summed E-state index contributed by atoms with van der Waals surface area (Å²) in [7, 11) is 0. The fourth-order valence-electron chi connectivity index (χ4n) is 2.75. The Bertz CT molecular complexity index is 780. The molecule has 1 aliphatic heterocycles. The van der Waals surface area contributed by atoms with Crippen molar-refractivity contribution in [2.24, 2.45) is 5.73 Å². The molecule has 0 saturated carbocycles. The quantitative estimate of drug-likeness (QED) is 0.767. The van der Waals surface area contributed by atoms with Crippen LogP contribution in [0.3, 0.4) is 0 Å². The summed E-state index contributed by atoms with van der Waals surface area (Å²) < 4.78 is 11.2. The van der Waals surface area contributed by atoms with E-state index in [9.17, 15) is 9.59 Å². The van der Waals surface area contributed by atoms with E-state index in [0.29, 0.717) is 30.4 Å². The van der Waals surface area contributed by atoms with Crippen molar-refractivity contribution in [3.8, 4) is 11.5 Å². The van der Waals surface area contributed by atoms with Gasteiger partial charge < -0.3 is 25.8 Å². The highest BCUT2D eigenvalue weighted by Gasteiger charge is 2.18. The van der Waals surface area contributed by atoms with E-state index in [1.54, 1.807) is 18.2 Å². The zero-order valence-electron chi connectivity index (χ0n) is 14.2. The molecule has 0 unspecified atom stereocenters. The SMILES string of the molecule is NC(=O)N[C@H](CC(=O)Nc1ccc2c(c1)OCCCO2)c1ccccc1. The molecule has 1 aliphatic rings. The van der Waals surface area contributed by atoms with Crippen LogP contribution in [0.1, 0.15) is 24.4 Å². The molecule has 2 aromatic rings. The van der Waals surface area contributed by atoms with Crippen LogP contribution in [0.4, 0.5) is 10.5 Å². The molecule has 0 saturated heterocycles. The summed E-state index contributed by atoms with van der Waals surface area (Å²) in [5, 5.41) is 5.42. The number of urea groups is 1. The van der Waals surface area contributed by atoms with Crippen molar-refractivity contribution in [3.05, 3.63) is 54.1 Å². The van der Waals surface area contributed by atoms with Gasteiger partial charge in [0.25, 0.3) is 0 Å². The molecule has 0 fully saturated rings. The smallest absolute Gasteiger partial charge is 0.312 e. The van der Waals surface area contributed by atoms with E-state index in [1.807, 2.05) is 30.3 Å². The van der Waals surface area contributed by atoms with Gasteiger partial charge in [0.05, 0.1) is 25.7 Å². The topological polar surface area (TPSA) is 103 Å². The lowest BCUT2D eigenvalue weighted by molar-refractivity contribution is -0.116. The molecule has 2 aromatic carbocycles. The Balaban J connectivity index is 1.68. The molecule has 0 bridgehead atoms. The Morgan fingerprint density at radius 3 is 2.50 bits per heavy atom. The van der Waals surface area contributed by atoms with Crippen molar-refractivity contribution < 1.29 is 19.1 Å². The fraction of sp³-hybridized carbons (Fsp3) is 0.263. The molecule has 3 rings (SSSR count). The number of benzene rings is 2. The highest BCUT2D eigenvalue weighted by Crippen LogP contribution is 2.32. The van der Waals surface area contributed by atoms with Crippen LogP contribution in [-0.4, -0.2) is 25.2 Å². The van der Waals surface area contributed by atoms with Crippen molar-refractivity contribution in [3.63, 3.8) is 0 Å². The Morgan fingerprint density at radius 2 is 1.77 bits per heavy atom. The first-order valence-electron chi connectivity index (χ1n) is 8.42. The third kappa shape index (κ3) is 4.66. The molecule has 1 atom stereocenters. The van der Waals surface area contributed by atoms with Crippen LogP contribution in [0.15, 0.2) is 48.5 Å². The number of amides is 3. The van der Waals surface area contributed by atoms with Crippen molar-refractivity contribution in [1.82, 2.24) is 5.32 Å². The largest absolute Gasteiger partial charge is 0.490 e. The number of carbonyl (C=O) groups excluding carboxylic acids is 2. The molecule has 7 heteroatoms. The van der Waals surface area contributed by atoms with E-state index in [4.69, 9.17) is 15.2 Å². The van der Waals surface area contributed by atoms with Crippen molar-refractivity contribution in [1.29, 1.82) is 0 Å². The highest BCUT2D eigenvalue weighted by molar-refractivity contribution is 5.92. The third-order valence-electron chi connectivity index (χ3n) is 3.94. The van der Waals surface area contributed by atoms with E-state index in [-0.39, 0.29) is 12.3 Å². The predicted molar refractivity (Wildman–Crippen MR) is 97.2 cm³/mol. The highest BCUT2D eigenvalue weighted by atomic mass is 16.5. The standard InChI is InChI=1S/C19H21N3O4/c20-19(24)22-15(13-5-2-1-3-6-13)12-18(23)21-14-7-8-16-17(11-14)26-10-4-9-25-16/h1-3,5-8,11,15H,4,9-10,12H2,(H,21,23)(H3,20,22,24)/t15-/m1/s1. The van der Waals surface area contributed by atoms with Gasteiger partial charge >= 0.3 is 6.03 Å². The summed E-state index contributed by atoms with van der Waals surface area (Å²) in [5.41, 5.74) is 6.65. The summed E-state index contributed by atoms with van der Waals surface area (Å²) in [6.45, 7) is 1.18. The van der Waals surface area contributed by atoms with Crippen molar-refractivity contribution in [2.45, 2.75) is 18.9 Å². The van der Waals surface area contributed by atoms with Crippen LogP contribution in [0.25, 0.3) is 0 Å². The Morgan fingerprint density at radius 1 is 1.04 bits per heavy atom. The summed E-state index contributed by atoms with van der Waals surface area (Å²) in [6, 6.07) is 13.3. The average molecular weight is 355 g/mol. The number of nitrogens with one attached hydrogen (secondary N) is 2. The molecule has 4 N–H and O–H groups in total. The molecule has 0 aromatic heterocycles. The number of nitrogens with two attached hydrogens (primary N) is 1. The molecule has 0 spiro atoms. The number of hydrogen-bond acceptors (Lipinski definition) is 4. The molecule has 7 nitrogen and oxygen atoms in total. The molecule has 3 amide bonds. The van der Waals surface area contributed by atoms with E-state index in [2.05, 4.69) is 10.6 Å². The molecule has 0 aliphatic carbocycles. The second kappa shape index (κ2) is 8.24. The minimum absolute atomic E-state index is 0.0569. The van der Waals surface area contributed by atoms with Crippen molar-refractivity contribution in [2.75, 3.05) is 18.5 Å². The summed E-state index contributed by atoms with van der Waals surface area (Å²) in [4.78, 5) is 23.7. The number of carbonyl (C=O) groups is 2. The molecule has 136 valence electrons. The lowest BCUT2D eigenvalue weighted by atomic mass is 10.0. The molecule has 26 heavy (non-hydrogen) atoms. The second-order valence-electron chi connectivity index (χ2n) is 5.94. The van der Waals surface area contributed by atoms with Gasteiger partial charge in [0.2, 0.25) is 5.91 Å². The van der Waals surface area contributed by atoms with E-state index in [1.165, 1.54) is 0 Å². The summed E-state index contributed by atoms with van der Waals surface area (Å²) >= 11 is 0. The number of primary amides is 1. The first kappa shape index (κ1) is 17.6. The minimum Gasteiger partial charge on any atom is -0.490 e. The maximum absolute atomic E-state index is 12.4. The Labute approximate surface area is 151 Å². The molecule has 0 radical (unpaired) electrons.